The second kappa shape index (κ2) is 6.68. The Bertz CT molecular complexity index is 615. The topological polar surface area (TPSA) is 45.2 Å². The van der Waals surface area contributed by atoms with Crippen LogP contribution in [0.25, 0.3) is 10.8 Å². The molecule has 1 N–H and O–H groups in total. The summed E-state index contributed by atoms with van der Waals surface area (Å²) in [6.07, 6.45) is 6.61. The summed E-state index contributed by atoms with van der Waals surface area (Å²) in [5, 5.41) is 5.77. The number of aromatic nitrogens is 1. The number of pyridine rings is 1. The van der Waals surface area contributed by atoms with Crippen molar-refractivity contribution >= 4 is 16.7 Å². The van der Waals surface area contributed by atoms with E-state index < -0.39 is 0 Å². The standard InChI is InChI=1S/C17H21N3O/c21-17(20-10-1-2-11-20)7-9-19-13-15-5-3-4-14-12-18-8-6-16(14)15/h3-6,8,12,19H,1-2,7,9-11,13H2. The summed E-state index contributed by atoms with van der Waals surface area (Å²) < 4.78 is 0. The zero-order chi connectivity index (χ0) is 14.5. The van der Waals surface area contributed by atoms with E-state index in [-0.39, 0.29) is 5.91 Å². The van der Waals surface area contributed by atoms with E-state index in [0.29, 0.717) is 6.42 Å². The van der Waals surface area contributed by atoms with E-state index in [1.54, 1.807) is 0 Å². The Morgan fingerprint density at radius 2 is 2.10 bits per heavy atom. The molecule has 0 bridgehead atoms. The molecule has 4 heteroatoms. The van der Waals surface area contributed by atoms with Crippen LogP contribution in [0.15, 0.2) is 36.7 Å². The average Bonchev–Trinajstić information content (AvgIpc) is 3.06. The smallest absolute Gasteiger partial charge is 0.223 e. The number of hydrogen-bond acceptors (Lipinski definition) is 3. The minimum absolute atomic E-state index is 0.280. The van der Waals surface area contributed by atoms with Crippen molar-refractivity contribution in [2.75, 3.05) is 19.6 Å². The Morgan fingerprint density at radius 1 is 1.24 bits per heavy atom. The van der Waals surface area contributed by atoms with Gasteiger partial charge in [-0.15, -0.1) is 0 Å². The number of carbonyl (C=O) groups excluding carboxylic acids is 1. The Labute approximate surface area is 125 Å². The van der Waals surface area contributed by atoms with Crippen molar-refractivity contribution in [3.8, 4) is 0 Å². The van der Waals surface area contributed by atoms with Crippen molar-refractivity contribution in [2.45, 2.75) is 25.8 Å². The van der Waals surface area contributed by atoms with Gasteiger partial charge in [0.25, 0.3) is 0 Å². The highest BCUT2D eigenvalue weighted by Gasteiger charge is 2.16. The number of amides is 1. The van der Waals surface area contributed by atoms with E-state index in [1.165, 1.54) is 10.9 Å². The van der Waals surface area contributed by atoms with Crippen LogP contribution in [0.4, 0.5) is 0 Å². The fraction of sp³-hybridized carbons (Fsp3) is 0.412. The number of fused-ring (bicyclic) bond motifs is 1. The number of benzene rings is 1. The molecule has 0 unspecified atom stereocenters. The Morgan fingerprint density at radius 3 is 2.95 bits per heavy atom. The van der Waals surface area contributed by atoms with Crippen LogP contribution < -0.4 is 5.32 Å². The van der Waals surface area contributed by atoms with Crippen LogP contribution in [-0.2, 0) is 11.3 Å². The number of nitrogens with zero attached hydrogens (tertiary/aromatic N) is 2. The molecule has 1 aromatic carbocycles. The molecule has 2 heterocycles. The molecule has 0 aliphatic carbocycles. The normalized spacial score (nSPS) is 14.8. The summed E-state index contributed by atoms with van der Waals surface area (Å²) in [4.78, 5) is 18.1. The fourth-order valence-electron chi connectivity index (χ4n) is 2.89. The van der Waals surface area contributed by atoms with Crippen molar-refractivity contribution in [3.63, 3.8) is 0 Å². The van der Waals surface area contributed by atoms with E-state index >= 15 is 0 Å². The van der Waals surface area contributed by atoms with Crippen molar-refractivity contribution in [1.29, 1.82) is 0 Å². The first kappa shape index (κ1) is 14.0. The lowest BCUT2D eigenvalue weighted by Crippen LogP contribution is -2.30. The molecule has 1 saturated heterocycles. The number of nitrogens with one attached hydrogen (secondary N) is 1. The van der Waals surface area contributed by atoms with Gasteiger partial charge in [-0.3, -0.25) is 9.78 Å². The predicted octanol–water partition coefficient (Wildman–Crippen LogP) is 2.34. The van der Waals surface area contributed by atoms with Gasteiger partial charge in [0, 0.05) is 50.4 Å². The lowest BCUT2D eigenvalue weighted by Gasteiger charge is -2.15. The van der Waals surface area contributed by atoms with Crippen LogP contribution in [0.2, 0.25) is 0 Å². The van der Waals surface area contributed by atoms with E-state index in [4.69, 9.17) is 0 Å². The van der Waals surface area contributed by atoms with Gasteiger partial charge in [-0.05, 0) is 29.9 Å². The number of likely N-dealkylation sites (tertiary alicyclic amines) is 1. The zero-order valence-corrected chi connectivity index (χ0v) is 12.2. The molecule has 0 saturated carbocycles. The van der Waals surface area contributed by atoms with Gasteiger partial charge in [0.2, 0.25) is 5.91 Å². The summed E-state index contributed by atoms with van der Waals surface area (Å²) in [6.45, 7) is 3.40. The van der Waals surface area contributed by atoms with Crippen LogP contribution in [0.5, 0.6) is 0 Å². The molecular formula is C17H21N3O. The molecule has 2 aromatic rings. The summed E-state index contributed by atoms with van der Waals surface area (Å²) in [7, 11) is 0. The molecule has 110 valence electrons. The van der Waals surface area contributed by atoms with Crippen LogP contribution >= 0.6 is 0 Å². The Hall–Kier alpha value is -1.94. The van der Waals surface area contributed by atoms with Crippen molar-refractivity contribution in [1.82, 2.24) is 15.2 Å². The molecule has 21 heavy (non-hydrogen) atoms. The van der Waals surface area contributed by atoms with Gasteiger partial charge in [0.05, 0.1) is 0 Å². The Balaban J connectivity index is 1.51. The molecule has 0 radical (unpaired) electrons. The summed E-state index contributed by atoms with van der Waals surface area (Å²) in [5.41, 5.74) is 1.25. The van der Waals surface area contributed by atoms with Crippen molar-refractivity contribution < 1.29 is 4.79 Å². The Kier molecular flexibility index (Phi) is 4.46. The highest BCUT2D eigenvalue weighted by Crippen LogP contribution is 2.17. The molecule has 1 aliphatic heterocycles. The third-order valence-corrected chi connectivity index (χ3v) is 4.06. The third-order valence-electron chi connectivity index (χ3n) is 4.06. The first-order chi connectivity index (χ1) is 10.3. The minimum Gasteiger partial charge on any atom is -0.343 e. The van der Waals surface area contributed by atoms with Gasteiger partial charge in [-0.1, -0.05) is 18.2 Å². The molecule has 1 fully saturated rings. The monoisotopic (exact) mass is 283 g/mol. The van der Waals surface area contributed by atoms with Crippen molar-refractivity contribution in [2.24, 2.45) is 0 Å². The molecule has 1 aliphatic rings. The van der Waals surface area contributed by atoms with Gasteiger partial charge in [-0.2, -0.15) is 0 Å². The van der Waals surface area contributed by atoms with E-state index in [9.17, 15) is 4.79 Å². The summed E-state index contributed by atoms with van der Waals surface area (Å²) >= 11 is 0. The van der Waals surface area contributed by atoms with Gasteiger partial charge in [0.15, 0.2) is 0 Å². The molecule has 3 rings (SSSR count). The fourth-order valence-corrected chi connectivity index (χ4v) is 2.89. The highest BCUT2D eigenvalue weighted by atomic mass is 16.2. The van der Waals surface area contributed by atoms with Crippen molar-refractivity contribution in [3.05, 3.63) is 42.2 Å². The molecule has 0 atom stereocenters. The van der Waals surface area contributed by atoms with Gasteiger partial charge in [-0.25, -0.2) is 0 Å². The minimum atomic E-state index is 0.280. The maximum absolute atomic E-state index is 11.9. The largest absolute Gasteiger partial charge is 0.343 e. The van der Waals surface area contributed by atoms with E-state index in [0.717, 1.165) is 44.4 Å². The maximum atomic E-state index is 11.9. The molecule has 4 nitrogen and oxygen atoms in total. The van der Waals surface area contributed by atoms with Gasteiger partial charge >= 0.3 is 0 Å². The lowest BCUT2D eigenvalue weighted by atomic mass is 10.1. The predicted molar refractivity (Wildman–Crippen MR) is 83.9 cm³/mol. The zero-order valence-electron chi connectivity index (χ0n) is 12.2. The second-order valence-electron chi connectivity index (χ2n) is 5.53. The number of rotatable bonds is 5. The first-order valence-corrected chi connectivity index (χ1v) is 7.65. The quantitative estimate of drug-likeness (QED) is 0.857. The first-order valence-electron chi connectivity index (χ1n) is 7.65. The maximum Gasteiger partial charge on any atom is 0.223 e. The molecule has 1 aromatic heterocycles. The molecule has 0 spiro atoms. The molecular weight excluding hydrogens is 262 g/mol. The van der Waals surface area contributed by atoms with Crippen LogP contribution in [0, 0.1) is 0 Å². The number of carbonyl (C=O) groups is 1. The third kappa shape index (κ3) is 3.39. The average molecular weight is 283 g/mol. The van der Waals surface area contributed by atoms with Crippen LogP contribution in [-0.4, -0.2) is 35.4 Å². The lowest BCUT2D eigenvalue weighted by molar-refractivity contribution is -0.130. The highest BCUT2D eigenvalue weighted by molar-refractivity contribution is 5.84. The second-order valence-corrected chi connectivity index (χ2v) is 5.53. The summed E-state index contributed by atoms with van der Waals surface area (Å²) in [5.74, 6) is 0.280. The van der Waals surface area contributed by atoms with Gasteiger partial charge < -0.3 is 10.2 Å². The van der Waals surface area contributed by atoms with Gasteiger partial charge in [0.1, 0.15) is 0 Å². The van der Waals surface area contributed by atoms with E-state index in [2.05, 4.69) is 28.5 Å². The number of hydrogen-bond donors (Lipinski definition) is 1. The molecule has 1 amide bonds. The van der Waals surface area contributed by atoms with E-state index in [1.807, 2.05) is 23.4 Å². The SMILES string of the molecule is O=C(CCNCc1cccc2cnccc12)N1CCCC1. The van der Waals surface area contributed by atoms with Crippen LogP contribution in [0.1, 0.15) is 24.8 Å². The summed E-state index contributed by atoms with van der Waals surface area (Å²) in [6, 6.07) is 8.29. The van der Waals surface area contributed by atoms with Crippen LogP contribution in [0.3, 0.4) is 0 Å².